The standard InChI is InChI=1S/C6H2Cl4FNO/c7-5-4(11)1-3(2-12-5)13-6(8,9)10/h1-2H. The van der Waals surface area contributed by atoms with Gasteiger partial charge in [-0.15, -0.1) is 0 Å². The van der Waals surface area contributed by atoms with Crippen molar-refractivity contribution in [2.45, 2.75) is 3.98 Å². The lowest BCUT2D eigenvalue weighted by Crippen LogP contribution is -2.12. The summed E-state index contributed by atoms with van der Waals surface area (Å²) in [7, 11) is 0. The first-order chi connectivity index (χ1) is 5.88. The van der Waals surface area contributed by atoms with Crippen LogP contribution >= 0.6 is 46.4 Å². The number of hydrogen-bond acceptors (Lipinski definition) is 2. The van der Waals surface area contributed by atoms with Crippen LogP contribution in [0, 0.1) is 5.82 Å². The molecule has 13 heavy (non-hydrogen) atoms. The summed E-state index contributed by atoms with van der Waals surface area (Å²) in [4.78, 5) is 3.45. The predicted molar refractivity (Wildman–Crippen MR) is 50.1 cm³/mol. The zero-order chi connectivity index (χ0) is 10.1. The van der Waals surface area contributed by atoms with Crippen LogP contribution in [0.2, 0.25) is 5.15 Å². The molecule has 0 saturated carbocycles. The SMILES string of the molecule is Fc1cc(OC(Cl)(Cl)Cl)cnc1Cl. The third-order valence-electron chi connectivity index (χ3n) is 1.00. The smallest absolute Gasteiger partial charge is 0.338 e. The van der Waals surface area contributed by atoms with Gasteiger partial charge >= 0.3 is 3.98 Å². The maximum Gasteiger partial charge on any atom is 0.338 e. The highest BCUT2D eigenvalue weighted by molar-refractivity contribution is 6.66. The molecule has 0 atom stereocenters. The summed E-state index contributed by atoms with van der Waals surface area (Å²) < 4.78 is 15.5. The van der Waals surface area contributed by atoms with E-state index in [0.717, 1.165) is 12.3 Å². The van der Waals surface area contributed by atoms with E-state index < -0.39 is 9.80 Å². The van der Waals surface area contributed by atoms with Crippen molar-refractivity contribution in [2.24, 2.45) is 0 Å². The van der Waals surface area contributed by atoms with Crippen LogP contribution in [0.5, 0.6) is 5.75 Å². The Balaban J connectivity index is 2.86. The highest BCUT2D eigenvalue weighted by Crippen LogP contribution is 2.30. The monoisotopic (exact) mass is 263 g/mol. The van der Waals surface area contributed by atoms with E-state index in [4.69, 9.17) is 46.4 Å². The zero-order valence-corrected chi connectivity index (χ0v) is 8.92. The molecule has 0 radical (unpaired) electrons. The van der Waals surface area contributed by atoms with Gasteiger partial charge in [-0.25, -0.2) is 9.37 Å². The van der Waals surface area contributed by atoms with Gasteiger partial charge in [0, 0.05) is 6.07 Å². The van der Waals surface area contributed by atoms with Crippen LogP contribution in [0.3, 0.4) is 0 Å². The van der Waals surface area contributed by atoms with Crippen LogP contribution in [-0.4, -0.2) is 8.96 Å². The van der Waals surface area contributed by atoms with E-state index in [1.54, 1.807) is 0 Å². The molecule has 1 heterocycles. The van der Waals surface area contributed by atoms with Gasteiger partial charge in [0.2, 0.25) is 0 Å². The molecule has 72 valence electrons. The van der Waals surface area contributed by atoms with Gasteiger partial charge in [0.1, 0.15) is 5.75 Å². The van der Waals surface area contributed by atoms with Gasteiger partial charge in [-0.3, -0.25) is 0 Å². The summed E-state index contributed by atoms with van der Waals surface area (Å²) in [5.74, 6) is -0.754. The molecule has 0 unspecified atom stereocenters. The highest BCUT2D eigenvalue weighted by atomic mass is 35.6. The second-order valence-corrected chi connectivity index (χ2v) is 4.53. The van der Waals surface area contributed by atoms with E-state index in [1.807, 2.05) is 0 Å². The summed E-state index contributed by atoms with van der Waals surface area (Å²) in [6, 6.07) is 0.969. The largest absolute Gasteiger partial charge is 0.444 e. The minimum atomic E-state index is -1.94. The molecule has 2 nitrogen and oxygen atoms in total. The fourth-order valence-electron chi connectivity index (χ4n) is 0.593. The average Bonchev–Trinajstić information content (AvgIpc) is 1.94. The van der Waals surface area contributed by atoms with Crippen molar-refractivity contribution < 1.29 is 9.13 Å². The maximum atomic E-state index is 12.8. The number of halogens is 5. The predicted octanol–water partition coefficient (Wildman–Crippen LogP) is 3.58. The number of hydrogen-bond donors (Lipinski definition) is 0. The molecule has 0 aromatic carbocycles. The van der Waals surface area contributed by atoms with Crippen LogP contribution < -0.4 is 4.74 Å². The molecule has 0 fully saturated rings. The second-order valence-electron chi connectivity index (χ2n) is 1.99. The number of alkyl halides is 3. The fraction of sp³-hybridized carbons (Fsp3) is 0.167. The number of ether oxygens (including phenoxy) is 1. The van der Waals surface area contributed by atoms with Crippen LogP contribution in [0.15, 0.2) is 12.3 Å². The van der Waals surface area contributed by atoms with Crippen molar-refractivity contribution in [3.8, 4) is 5.75 Å². The summed E-state index contributed by atoms with van der Waals surface area (Å²) >= 11 is 21.2. The Morgan fingerprint density at radius 3 is 2.46 bits per heavy atom. The number of aromatic nitrogens is 1. The Hall–Kier alpha value is 0.0400. The molecule has 1 aromatic rings. The lowest BCUT2D eigenvalue weighted by atomic mass is 10.4. The van der Waals surface area contributed by atoms with Gasteiger partial charge in [-0.1, -0.05) is 11.6 Å². The Morgan fingerprint density at radius 2 is 2.00 bits per heavy atom. The van der Waals surface area contributed by atoms with Crippen LogP contribution in [0.25, 0.3) is 0 Å². The molecule has 0 spiro atoms. The van der Waals surface area contributed by atoms with Gasteiger partial charge in [0.15, 0.2) is 11.0 Å². The van der Waals surface area contributed by atoms with Crippen molar-refractivity contribution in [1.82, 2.24) is 4.98 Å². The van der Waals surface area contributed by atoms with E-state index in [-0.39, 0.29) is 10.9 Å². The number of nitrogens with zero attached hydrogens (tertiary/aromatic N) is 1. The molecule has 0 aliphatic carbocycles. The van der Waals surface area contributed by atoms with Crippen LogP contribution in [0.1, 0.15) is 0 Å². The van der Waals surface area contributed by atoms with Gasteiger partial charge in [-0.05, 0) is 34.8 Å². The summed E-state index contributed by atoms with van der Waals surface area (Å²) in [6.45, 7) is 0. The first-order valence-corrected chi connectivity index (χ1v) is 4.46. The molecule has 1 aromatic heterocycles. The van der Waals surface area contributed by atoms with E-state index in [2.05, 4.69) is 9.72 Å². The Labute approximate surface area is 93.5 Å². The molecule has 0 aliphatic heterocycles. The van der Waals surface area contributed by atoms with Crippen molar-refractivity contribution in [3.63, 3.8) is 0 Å². The lowest BCUT2D eigenvalue weighted by molar-refractivity contribution is 0.317. The quantitative estimate of drug-likeness (QED) is 0.571. The average molecular weight is 265 g/mol. The first-order valence-electron chi connectivity index (χ1n) is 2.95. The highest BCUT2D eigenvalue weighted by Gasteiger charge is 2.22. The van der Waals surface area contributed by atoms with E-state index >= 15 is 0 Å². The third-order valence-corrected chi connectivity index (χ3v) is 1.51. The topological polar surface area (TPSA) is 22.1 Å². The van der Waals surface area contributed by atoms with Crippen molar-refractivity contribution in [1.29, 1.82) is 0 Å². The molecule has 0 bridgehead atoms. The third kappa shape index (κ3) is 3.73. The molecule has 0 N–H and O–H groups in total. The Morgan fingerprint density at radius 1 is 1.38 bits per heavy atom. The Bertz CT molecular complexity index is 314. The molecular weight excluding hydrogens is 263 g/mol. The number of rotatable bonds is 1. The minimum Gasteiger partial charge on any atom is -0.444 e. The van der Waals surface area contributed by atoms with Crippen molar-refractivity contribution in [3.05, 3.63) is 23.2 Å². The zero-order valence-electron chi connectivity index (χ0n) is 5.90. The molecule has 0 saturated heterocycles. The maximum absolute atomic E-state index is 12.8. The molecule has 7 heteroatoms. The number of pyridine rings is 1. The van der Waals surface area contributed by atoms with Gasteiger partial charge in [0.05, 0.1) is 6.20 Å². The molecule has 0 amide bonds. The first kappa shape index (κ1) is 11.1. The van der Waals surface area contributed by atoms with Gasteiger partial charge in [-0.2, -0.15) is 0 Å². The van der Waals surface area contributed by atoms with Crippen LogP contribution in [-0.2, 0) is 0 Å². The fourth-order valence-corrected chi connectivity index (χ4v) is 0.964. The molecule has 1 rings (SSSR count). The van der Waals surface area contributed by atoms with E-state index in [0.29, 0.717) is 0 Å². The van der Waals surface area contributed by atoms with Crippen molar-refractivity contribution >= 4 is 46.4 Å². The second kappa shape index (κ2) is 4.05. The normalized spacial score (nSPS) is 11.5. The van der Waals surface area contributed by atoms with E-state index in [9.17, 15) is 4.39 Å². The van der Waals surface area contributed by atoms with Gasteiger partial charge in [0.25, 0.3) is 0 Å². The van der Waals surface area contributed by atoms with Crippen LogP contribution in [0.4, 0.5) is 4.39 Å². The minimum absolute atomic E-state index is 0.0121. The molecule has 0 aliphatic rings. The summed E-state index contributed by atoms with van der Waals surface area (Å²) in [5, 5.41) is -0.267. The Kier molecular flexibility index (Phi) is 3.46. The summed E-state index contributed by atoms with van der Waals surface area (Å²) in [6.07, 6.45) is 1.15. The molecular formula is C6H2Cl4FNO. The lowest BCUT2D eigenvalue weighted by Gasteiger charge is -2.12. The summed E-state index contributed by atoms with van der Waals surface area (Å²) in [5.41, 5.74) is 0. The van der Waals surface area contributed by atoms with E-state index in [1.165, 1.54) is 0 Å². The van der Waals surface area contributed by atoms with Crippen molar-refractivity contribution in [2.75, 3.05) is 0 Å². The van der Waals surface area contributed by atoms with Gasteiger partial charge < -0.3 is 4.74 Å².